The number of benzene rings is 11. The average molecular weight is 1300 g/mol. The molecular formula is C89H53N13. The highest BCUT2D eigenvalue weighted by molar-refractivity contribution is 6.17. The number of hydrogen-bond acceptors (Lipinski definition) is 7. The first-order valence-electron chi connectivity index (χ1n) is 34.1. The summed E-state index contributed by atoms with van der Waals surface area (Å²) in [6.07, 6.45) is 15.5. The zero-order chi connectivity index (χ0) is 66.7. The van der Waals surface area contributed by atoms with Gasteiger partial charge < -0.3 is 27.4 Å². The maximum absolute atomic E-state index is 5.48. The van der Waals surface area contributed by atoms with Crippen molar-refractivity contribution in [3.8, 4) is 68.3 Å². The molecule has 13 nitrogen and oxygen atoms in total. The van der Waals surface area contributed by atoms with Crippen molar-refractivity contribution >= 4 is 131 Å². The largest absolute Gasteiger partial charge is 0.309 e. The summed E-state index contributed by atoms with van der Waals surface area (Å²) < 4.78 is 14.4. The predicted octanol–water partition coefficient (Wildman–Crippen LogP) is 21.0. The topological polar surface area (TPSA) is 120 Å². The minimum absolute atomic E-state index is 0.532. The lowest BCUT2D eigenvalue weighted by Crippen LogP contribution is -2.04. The highest BCUT2D eigenvalue weighted by atomic mass is 15.1. The summed E-state index contributed by atoms with van der Waals surface area (Å²) in [4.78, 5) is 34.7. The molecule has 0 amide bonds. The maximum Gasteiger partial charge on any atom is 0.164 e. The predicted molar refractivity (Wildman–Crippen MR) is 413 cm³/mol. The van der Waals surface area contributed by atoms with E-state index in [1.165, 1.54) is 0 Å². The van der Waals surface area contributed by atoms with Gasteiger partial charge in [-0.2, -0.15) is 0 Å². The highest BCUT2D eigenvalue weighted by Crippen LogP contribution is 2.44. The molecule has 0 bridgehead atoms. The number of aromatic nitrogens is 13. The molecule has 0 saturated carbocycles. The third-order valence-electron chi connectivity index (χ3n) is 20.8. The zero-order valence-electron chi connectivity index (χ0n) is 54.4. The minimum atomic E-state index is 0.532. The first-order valence-corrected chi connectivity index (χ1v) is 34.1. The standard InChI is InChI=1S/C89H53N13/c1-3-15-54(16-4-1)87-94-88(55-17-5-2-6-18-55)96-89(95-87)56-43-61(101-79-31-27-57(97-75-23-11-7-19-63(75)71-50-90-39-35-83(71)97)46-67(79)68-47-58(28-32-80(68)101)98-76-24-12-8-20-64(76)72-51-91-40-36-84(72)98)45-62(44-56)102-81-33-29-59(99-77-25-13-9-21-65(77)73-52-92-41-37-85(73)99)48-69(81)70-49-60(30-34-82(70)102)100-78-26-14-10-22-66(78)74-53-93-42-38-86(74)100/h1-53H. The van der Waals surface area contributed by atoms with Gasteiger partial charge in [0.2, 0.25) is 0 Å². The third kappa shape index (κ3) is 8.24. The van der Waals surface area contributed by atoms with E-state index in [0.717, 1.165) is 182 Å². The molecule has 13 heteroatoms. The summed E-state index contributed by atoms with van der Waals surface area (Å²) in [5.74, 6) is 1.68. The van der Waals surface area contributed by atoms with E-state index in [1.807, 2.05) is 86.0 Å². The second-order valence-electron chi connectivity index (χ2n) is 26.2. The Morgan fingerprint density at radius 1 is 0.167 bits per heavy atom. The van der Waals surface area contributed by atoms with Gasteiger partial charge in [-0.3, -0.25) is 19.9 Å². The Labute approximate surface area is 580 Å². The van der Waals surface area contributed by atoms with Crippen LogP contribution in [0.5, 0.6) is 0 Å². The molecule has 102 heavy (non-hydrogen) atoms. The molecule has 22 aromatic rings. The van der Waals surface area contributed by atoms with Crippen molar-refractivity contribution in [2.45, 2.75) is 0 Å². The Morgan fingerprint density at radius 2 is 0.412 bits per heavy atom. The first kappa shape index (κ1) is 55.9. The van der Waals surface area contributed by atoms with Gasteiger partial charge in [0.25, 0.3) is 0 Å². The number of para-hydroxylation sites is 4. The summed E-state index contributed by atoms with van der Waals surface area (Å²) in [5.41, 5.74) is 21.4. The molecule has 474 valence electrons. The molecule has 0 radical (unpaired) electrons. The van der Waals surface area contributed by atoms with Crippen molar-refractivity contribution in [2.75, 3.05) is 0 Å². The summed E-state index contributed by atoms with van der Waals surface area (Å²) in [6, 6.07) is 98.1. The molecule has 0 unspecified atom stereocenters. The molecular weight excluding hydrogens is 1250 g/mol. The van der Waals surface area contributed by atoms with Gasteiger partial charge in [-0.25, -0.2) is 15.0 Å². The van der Waals surface area contributed by atoms with Crippen LogP contribution in [-0.4, -0.2) is 62.3 Å². The Hall–Kier alpha value is -14.2. The molecule has 22 rings (SSSR count). The van der Waals surface area contributed by atoms with Gasteiger partial charge in [0.15, 0.2) is 17.5 Å². The Balaban J connectivity index is 0.850. The van der Waals surface area contributed by atoms with Crippen molar-refractivity contribution in [2.24, 2.45) is 0 Å². The molecule has 0 spiro atoms. The van der Waals surface area contributed by atoms with Crippen LogP contribution in [0.2, 0.25) is 0 Å². The van der Waals surface area contributed by atoms with Gasteiger partial charge in [-0.05, 0) is 140 Å². The van der Waals surface area contributed by atoms with Crippen LogP contribution in [0.1, 0.15) is 0 Å². The Morgan fingerprint density at radius 3 is 0.716 bits per heavy atom. The molecule has 0 atom stereocenters. The quantitative estimate of drug-likeness (QED) is 0.141. The Kier molecular flexibility index (Phi) is 11.9. The van der Waals surface area contributed by atoms with E-state index < -0.39 is 0 Å². The smallest absolute Gasteiger partial charge is 0.164 e. The van der Waals surface area contributed by atoms with Crippen molar-refractivity contribution in [3.05, 3.63) is 323 Å². The van der Waals surface area contributed by atoms with Gasteiger partial charge in [-0.1, -0.05) is 133 Å². The van der Waals surface area contributed by atoms with Crippen LogP contribution in [0.15, 0.2) is 323 Å². The van der Waals surface area contributed by atoms with E-state index in [-0.39, 0.29) is 0 Å². The molecule has 0 saturated heterocycles. The fourth-order valence-corrected chi connectivity index (χ4v) is 16.4. The Bertz CT molecular complexity index is 6290. The SMILES string of the molecule is c1ccc(-c2nc(-c3ccccc3)nc(-c3cc(-n4c5ccc(-n6c7ccccc7c7cnccc76)cc5c5cc(-n6c7ccccc7c7cnccc76)ccc54)cc(-n4c5ccc(-n6c7ccccc7c7cnccc76)cc5c5cc(-n6c7ccccc7c7cnccc76)ccc54)c3)n2)cc1. The summed E-state index contributed by atoms with van der Waals surface area (Å²) >= 11 is 0. The van der Waals surface area contributed by atoms with E-state index in [2.05, 4.69) is 284 Å². The van der Waals surface area contributed by atoms with Crippen LogP contribution >= 0.6 is 0 Å². The van der Waals surface area contributed by atoms with E-state index in [4.69, 9.17) is 15.0 Å². The van der Waals surface area contributed by atoms with Crippen molar-refractivity contribution in [3.63, 3.8) is 0 Å². The average Bonchev–Trinajstić information content (AvgIpc) is 1.56. The van der Waals surface area contributed by atoms with Crippen LogP contribution in [0.25, 0.3) is 199 Å². The summed E-state index contributed by atoms with van der Waals surface area (Å²) in [5, 5.41) is 13.3. The van der Waals surface area contributed by atoms with Crippen LogP contribution in [0.4, 0.5) is 0 Å². The number of nitrogens with zero attached hydrogens (tertiary/aromatic N) is 13. The number of fused-ring (bicyclic) bond motifs is 18. The third-order valence-corrected chi connectivity index (χ3v) is 20.8. The minimum Gasteiger partial charge on any atom is -0.309 e. The second kappa shape index (κ2) is 21.7. The molecule has 0 aliphatic heterocycles. The van der Waals surface area contributed by atoms with Gasteiger partial charge in [0.1, 0.15) is 0 Å². The summed E-state index contributed by atoms with van der Waals surface area (Å²) in [6.45, 7) is 0. The van der Waals surface area contributed by atoms with E-state index >= 15 is 0 Å². The molecule has 0 fully saturated rings. The fourth-order valence-electron chi connectivity index (χ4n) is 16.4. The fraction of sp³-hybridized carbons (Fsp3) is 0. The van der Waals surface area contributed by atoms with Gasteiger partial charge in [0, 0.05) is 165 Å². The van der Waals surface area contributed by atoms with E-state index in [9.17, 15) is 0 Å². The van der Waals surface area contributed by atoms with Crippen LogP contribution in [0, 0.1) is 0 Å². The second-order valence-corrected chi connectivity index (χ2v) is 26.2. The lowest BCUT2D eigenvalue weighted by molar-refractivity contribution is 1.07. The van der Waals surface area contributed by atoms with Gasteiger partial charge >= 0.3 is 0 Å². The molecule has 0 aliphatic rings. The normalized spacial score (nSPS) is 12.1. The zero-order valence-corrected chi connectivity index (χ0v) is 54.4. The van der Waals surface area contributed by atoms with Crippen LogP contribution < -0.4 is 0 Å². The van der Waals surface area contributed by atoms with Gasteiger partial charge in [-0.15, -0.1) is 0 Å². The number of rotatable bonds is 9. The molecule has 11 aromatic heterocycles. The first-order chi connectivity index (χ1) is 50.6. The maximum atomic E-state index is 5.48. The number of pyridine rings is 4. The highest BCUT2D eigenvalue weighted by Gasteiger charge is 2.25. The lowest BCUT2D eigenvalue weighted by Gasteiger charge is -2.17. The number of hydrogen-bond donors (Lipinski definition) is 0. The monoisotopic (exact) mass is 1300 g/mol. The molecule has 11 heterocycles. The summed E-state index contributed by atoms with van der Waals surface area (Å²) in [7, 11) is 0. The molecule has 11 aromatic carbocycles. The molecule has 0 N–H and O–H groups in total. The van der Waals surface area contributed by atoms with Gasteiger partial charge in [0.05, 0.1) is 66.2 Å². The molecule has 0 aliphatic carbocycles. The van der Waals surface area contributed by atoms with Crippen LogP contribution in [0.3, 0.4) is 0 Å². The van der Waals surface area contributed by atoms with Crippen LogP contribution in [-0.2, 0) is 0 Å². The van der Waals surface area contributed by atoms with E-state index in [1.54, 1.807) is 0 Å². The van der Waals surface area contributed by atoms with E-state index in [0.29, 0.717) is 17.5 Å². The van der Waals surface area contributed by atoms with Crippen molar-refractivity contribution in [1.82, 2.24) is 62.3 Å². The van der Waals surface area contributed by atoms with Crippen molar-refractivity contribution in [1.29, 1.82) is 0 Å². The lowest BCUT2D eigenvalue weighted by atomic mass is 10.1. The van der Waals surface area contributed by atoms with Crippen molar-refractivity contribution < 1.29 is 0 Å².